The first-order chi connectivity index (χ1) is 6.56. The first-order valence-corrected chi connectivity index (χ1v) is 4.53. The van der Waals surface area contributed by atoms with E-state index < -0.39 is 5.97 Å². The van der Waals surface area contributed by atoms with Crippen molar-refractivity contribution in [3.05, 3.63) is 0 Å². The number of carbonyl (C=O) groups excluding carboxylic acids is 2. The Bertz CT molecular complexity index is 197. The van der Waals surface area contributed by atoms with E-state index in [1.807, 2.05) is 6.92 Å². The second-order valence-electron chi connectivity index (χ2n) is 3.00. The highest BCUT2D eigenvalue weighted by Crippen LogP contribution is 1.98. The number of nitriles is 1. The summed E-state index contributed by atoms with van der Waals surface area (Å²) in [5.74, 6) is -0.452. The predicted octanol–water partition coefficient (Wildman–Crippen LogP) is 1.84. The molecule has 0 amide bonds. The number of ketones is 1. The van der Waals surface area contributed by atoms with Crippen LogP contribution in [-0.4, -0.2) is 17.9 Å². The zero-order chi connectivity index (χ0) is 11.6. The average Bonchev–Trinajstić information content (AvgIpc) is 2.06. The van der Waals surface area contributed by atoms with E-state index in [4.69, 9.17) is 10.00 Å². The van der Waals surface area contributed by atoms with Gasteiger partial charge in [0.1, 0.15) is 12.2 Å². The SMILES string of the molecule is C#N.CCCC(=O)CC(=O)OC(C)C. The van der Waals surface area contributed by atoms with Crippen LogP contribution in [0.3, 0.4) is 0 Å². The Balaban J connectivity index is 0. The molecule has 0 fully saturated rings. The molecule has 0 saturated carbocycles. The van der Waals surface area contributed by atoms with E-state index >= 15 is 0 Å². The van der Waals surface area contributed by atoms with Gasteiger partial charge in [0.15, 0.2) is 0 Å². The first kappa shape index (κ1) is 15.1. The van der Waals surface area contributed by atoms with Crippen molar-refractivity contribution in [1.29, 1.82) is 5.26 Å². The van der Waals surface area contributed by atoms with Crippen molar-refractivity contribution in [3.8, 4) is 6.57 Å². The quantitative estimate of drug-likeness (QED) is 0.500. The van der Waals surface area contributed by atoms with Crippen molar-refractivity contribution in [1.82, 2.24) is 0 Å². The molecule has 14 heavy (non-hydrogen) atoms. The second kappa shape index (κ2) is 9.72. The number of hydrogen-bond acceptors (Lipinski definition) is 4. The molecule has 0 spiro atoms. The molecule has 0 aliphatic rings. The van der Waals surface area contributed by atoms with Gasteiger partial charge in [0.25, 0.3) is 0 Å². The molecule has 0 radical (unpaired) electrons. The topological polar surface area (TPSA) is 67.2 Å². The molecule has 80 valence electrons. The summed E-state index contributed by atoms with van der Waals surface area (Å²) in [6, 6.07) is 0. The van der Waals surface area contributed by atoms with Crippen LogP contribution in [0, 0.1) is 11.8 Å². The number of rotatable bonds is 5. The van der Waals surface area contributed by atoms with E-state index in [2.05, 4.69) is 6.57 Å². The van der Waals surface area contributed by atoms with Crippen LogP contribution < -0.4 is 0 Å². The number of Topliss-reactive ketones (excluding diaryl/α,β-unsaturated/α-hetero) is 1. The zero-order valence-corrected chi connectivity index (χ0v) is 8.95. The van der Waals surface area contributed by atoms with Crippen LogP contribution in [0.15, 0.2) is 0 Å². The average molecular weight is 199 g/mol. The maximum atomic E-state index is 10.9. The molecular formula is C10H17NO3. The van der Waals surface area contributed by atoms with Crippen molar-refractivity contribution in [2.45, 2.75) is 46.1 Å². The molecule has 0 bridgehead atoms. The molecule has 4 heteroatoms. The van der Waals surface area contributed by atoms with E-state index in [1.54, 1.807) is 13.8 Å². The van der Waals surface area contributed by atoms with Crippen LogP contribution >= 0.6 is 0 Å². The lowest BCUT2D eigenvalue weighted by Crippen LogP contribution is -2.15. The summed E-state index contributed by atoms with van der Waals surface area (Å²) in [6.07, 6.45) is 1.04. The third-order valence-corrected chi connectivity index (χ3v) is 1.24. The Kier molecular flexibility index (Phi) is 10.5. The maximum absolute atomic E-state index is 10.9. The normalized spacial score (nSPS) is 8.71. The highest BCUT2D eigenvalue weighted by atomic mass is 16.5. The molecule has 0 unspecified atom stereocenters. The number of esters is 1. The molecule has 0 aromatic rings. The molecule has 0 rings (SSSR count). The number of hydrogen-bond donors (Lipinski definition) is 0. The fraction of sp³-hybridized carbons (Fsp3) is 0.700. The van der Waals surface area contributed by atoms with Gasteiger partial charge in [-0.3, -0.25) is 9.59 Å². The van der Waals surface area contributed by atoms with Gasteiger partial charge in [-0.15, -0.1) is 0 Å². The highest BCUT2D eigenvalue weighted by molar-refractivity contribution is 5.95. The number of nitrogens with zero attached hydrogens (tertiary/aromatic N) is 1. The van der Waals surface area contributed by atoms with Gasteiger partial charge in [0, 0.05) is 13.0 Å². The van der Waals surface area contributed by atoms with Crippen molar-refractivity contribution < 1.29 is 14.3 Å². The fourth-order valence-electron chi connectivity index (χ4n) is 0.833. The summed E-state index contributed by atoms with van der Waals surface area (Å²) in [7, 11) is 0. The van der Waals surface area contributed by atoms with Crippen molar-refractivity contribution in [2.75, 3.05) is 0 Å². The Morgan fingerprint density at radius 1 is 1.36 bits per heavy atom. The Hall–Kier alpha value is -1.37. The van der Waals surface area contributed by atoms with Gasteiger partial charge in [-0.25, -0.2) is 5.26 Å². The second-order valence-corrected chi connectivity index (χ2v) is 3.00. The summed E-state index contributed by atoms with van der Waals surface area (Å²) >= 11 is 0. The summed E-state index contributed by atoms with van der Waals surface area (Å²) in [5, 5.41) is 6.50. The molecule has 0 aromatic carbocycles. The van der Waals surface area contributed by atoms with Gasteiger partial charge in [0.2, 0.25) is 0 Å². The van der Waals surface area contributed by atoms with Gasteiger partial charge in [-0.2, -0.15) is 0 Å². The summed E-state index contributed by atoms with van der Waals surface area (Å²) in [5.41, 5.74) is 0. The zero-order valence-electron chi connectivity index (χ0n) is 8.95. The van der Waals surface area contributed by atoms with Crippen molar-refractivity contribution in [2.24, 2.45) is 0 Å². The third kappa shape index (κ3) is 10.6. The smallest absolute Gasteiger partial charge is 0.313 e. The standard InChI is InChI=1S/C9H16O3.CHN/c1-4-5-8(10)6-9(11)12-7(2)3;1-2/h7H,4-6H2,1-3H3;1H. The fourth-order valence-corrected chi connectivity index (χ4v) is 0.833. The lowest BCUT2D eigenvalue weighted by Gasteiger charge is -2.06. The molecule has 0 saturated heterocycles. The van der Waals surface area contributed by atoms with E-state index in [0.29, 0.717) is 6.42 Å². The van der Waals surface area contributed by atoms with Gasteiger partial charge >= 0.3 is 5.97 Å². The molecule has 4 nitrogen and oxygen atoms in total. The minimum atomic E-state index is -0.413. The molecular weight excluding hydrogens is 182 g/mol. The van der Waals surface area contributed by atoms with E-state index in [0.717, 1.165) is 6.42 Å². The van der Waals surface area contributed by atoms with Crippen LogP contribution in [0.2, 0.25) is 0 Å². The Labute approximate surface area is 84.9 Å². The van der Waals surface area contributed by atoms with Crippen LogP contribution in [0.4, 0.5) is 0 Å². The number of carbonyl (C=O) groups is 2. The summed E-state index contributed by atoms with van der Waals surface area (Å²) in [4.78, 5) is 21.8. The lowest BCUT2D eigenvalue weighted by molar-refractivity contribution is -0.149. The molecule has 0 atom stereocenters. The van der Waals surface area contributed by atoms with Gasteiger partial charge in [-0.1, -0.05) is 6.92 Å². The van der Waals surface area contributed by atoms with Crippen LogP contribution in [-0.2, 0) is 14.3 Å². The largest absolute Gasteiger partial charge is 0.463 e. The minimum Gasteiger partial charge on any atom is -0.463 e. The van der Waals surface area contributed by atoms with E-state index in [9.17, 15) is 9.59 Å². The van der Waals surface area contributed by atoms with Crippen LogP contribution in [0.25, 0.3) is 0 Å². The summed E-state index contributed by atoms with van der Waals surface area (Å²) < 4.78 is 4.81. The minimum absolute atomic E-state index is 0.0387. The molecule has 0 heterocycles. The predicted molar refractivity (Wildman–Crippen MR) is 52.4 cm³/mol. The highest BCUT2D eigenvalue weighted by Gasteiger charge is 2.10. The molecule has 0 aliphatic heterocycles. The first-order valence-electron chi connectivity index (χ1n) is 4.53. The van der Waals surface area contributed by atoms with Crippen LogP contribution in [0.5, 0.6) is 0 Å². The van der Waals surface area contributed by atoms with Crippen molar-refractivity contribution in [3.63, 3.8) is 0 Å². The molecule has 0 N–H and O–H groups in total. The van der Waals surface area contributed by atoms with Crippen molar-refractivity contribution >= 4 is 11.8 Å². The lowest BCUT2D eigenvalue weighted by atomic mass is 10.2. The Morgan fingerprint density at radius 2 is 1.86 bits per heavy atom. The number of ether oxygens (including phenoxy) is 1. The summed E-state index contributed by atoms with van der Waals surface area (Å²) in [6.45, 7) is 8.94. The third-order valence-electron chi connectivity index (χ3n) is 1.24. The van der Waals surface area contributed by atoms with Crippen LogP contribution in [0.1, 0.15) is 40.0 Å². The van der Waals surface area contributed by atoms with E-state index in [1.165, 1.54) is 0 Å². The molecule has 0 aliphatic carbocycles. The van der Waals surface area contributed by atoms with Gasteiger partial charge < -0.3 is 4.74 Å². The Morgan fingerprint density at radius 3 is 2.21 bits per heavy atom. The van der Waals surface area contributed by atoms with Gasteiger partial charge in [-0.05, 0) is 20.3 Å². The monoisotopic (exact) mass is 199 g/mol. The van der Waals surface area contributed by atoms with E-state index in [-0.39, 0.29) is 18.3 Å². The molecule has 0 aromatic heterocycles. The maximum Gasteiger partial charge on any atom is 0.313 e. The van der Waals surface area contributed by atoms with Gasteiger partial charge in [0.05, 0.1) is 6.10 Å².